The van der Waals surface area contributed by atoms with E-state index in [4.69, 9.17) is 0 Å². The van der Waals surface area contributed by atoms with Crippen LogP contribution in [0.3, 0.4) is 0 Å². The Morgan fingerprint density at radius 3 is 2.64 bits per heavy atom. The maximum atomic E-state index is 12.4. The third kappa shape index (κ3) is 4.72. The lowest BCUT2D eigenvalue weighted by Gasteiger charge is -2.13. The highest BCUT2D eigenvalue weighted by Crippen LogP contribution is 2.27. The van der Waals surface area contributed by atoms with Crippen LogP contribution in [0.1, 0.15) is 26.6 Å². The second-order valence-electron chi connectivity index (χ2n) is 6.43. The van der Waals surface area contributed by atoms with Gasteiger partial charge in [0.25, 0.3) is 11.6 Å². The van der Waals surface area contributed by atoms with Gasteiger partial charge in [0, 0.05) is 37.5 Å². The molecule has 144 valence electrons. The van der Waals surface area contributed by atoms with Crippen LogP contribution in [0.15, 0.2) is 53.9 Å². The number of carbonyl (C=O) groups is 1. The average molecular weight is 396 g/mol. The third-order valence-corrected chi connectivity index (χ3v) is 5.04. The number of nitro groups is 1. The molecule has 0 aliphatic heterocycles. The summed E-state index contributed by atoms with van der Waals surface area (Å²) >= 11 is 1.55. The Hall–Kier alpha value is -3.26. The SMILES string of the molecule is CN(C)c1ccc(C(=O)NCc2csc(Cc3ccccc3)n2)cc1[N+](=O)[O-]. The molecule has 3 aromatic rings. The quantitative estimate of drug-likeness (QED) is 0.487. The van der Waals surface area contributed by atoms with Crippen molar-refractivity contribution in [3.05, 3.63) is 85.9 Å². The first-order chi connectivity index (χ1) is 13.4. The number of aromatic nitrogens is 1. The topological polar surface area (TPSA) is 88.4 Å². The molecule has 0 atom stereocenters. The van der Waals surface area contributed by atoms with Crippen LogP contribution in [0.25, 0.3) is 0 Å². The van der Waals surface area contributed by atoms with E-state index in [2.05, 4.69) is 10.3 Å². The minimum Gasteiger partial charge on any atom is -0.372 e. The van der Waals surface area contributed by atoms with Crippen molar-refractivity contribution in [2.24, 2.45) is 0 Å². The molecule has 0 fully saturated rings. The van der Waals surface area contributed by atoms with Crippen LogP contribution in [0, 0.1) is 10.1 Å². The van der Waals surface area contributed by atoms with Crippen molar-refractivity contribution in [1.29, 1.82) is 0 Å². The standard InChI is InChI=1S/C20H20N4O3S/c1-23(2)17-9-8-15(11-18(17)24(26)27)20(25)21-12-16-13-28-19(22-16)10-14-6-4-3-5-7-14/h3-9,11,13H,10,12H2,1-2H3,(H,21,25). The van der Waals surface area contributed by atoms with Crippen molar-refractivity contribution in [3.8, 4) is 0 Å². The molecule has 1 heterocycles. The molecular weight excluding hydrogens is 376 g/mol. The second kappa shape index (κ2) is 8.62. The van der Waals surface area contributed by atoms with E-state index in [0.29, 0.717) is 5.69 Å². The molecule has 0 bridgehead atoms. The van der Waals surface area contributed by atoms with E-state index >= 15 is 0 Å². The lowest BCUT2D eigenvalue weighted by atomic mass is 10.1. The van der Waals surface area contributed by atoms with Gasteiger partial charge < -0.3 is 10.2 Å². The van der Waals surface area contributed by atoms with Crippen molar-refractivity contribution < 1.29 is 9.72 Å². The molecule has 0 aliphatic rings. The summed E-state index contributed by atoms with van der Waals surface area (Å²) in [6.45, 7) is 0.271. The molecule has 0 spiro atoms. The van der Waals surface area contributed by atoms with Gasteiger partial charge in [0.05, 0.1) is 22.2 Å². The molecule has 1 aromatic heterocycles. The second-order valence-corrected chi connectivity index (χ2v) is 7.38. The first-order valence-corrected chi connectivity index (χ1v) is 9.53. The van der Waals surface area contributed by atoms with E-state index in [1.807, 2.05) is 35.7 Å². The van der Waals surface area contributed by atoms with Crippen LogP contribution in [-0.4, -0.2) is 29.9 Å². The molecule has 1 amide bonds. The van der Waals surface area contributed by atoms with Crippen molar-refractivity contribution in [2.45, 2.75) is 13.0 Å². The fourth-order valence-electron chi connectivity index (χ4n) is 2.74. The number of nitrogens with one attached hydrogen (secondary N) is 1. The van der Waals surface area contributed by atoms with Gasteiger partial charge in [0.2, 0.25) is 0 Å². The van der Waals surface area contributed by atoms with Crippen LogP contribution in [-0.2, 0) is 13.0 Å². The Morgan fingerprint density at radius 1 is 1.21 bits per heavy atom. The number of hydrogen-bond acceptors (Lipinski definition) is 6. The molecule has 0 radical (unpaired) electrons. The van der Waals surface area contributed by atoms with Gasteiger partial charge in [0.15, 0.2) is 0 Å². The number of nitro benzene ring substituents is 1. The number of hydrogen-bond donors (Lipinski definition) is 1. The van der Waals surface area contributed by atoms with E-state index in [9.17, 15) is 14.9 Å². The van der Waals surface area contributed by atoms with E-state index in [-0.39, 0.29) is 23.7 Å². The van der Waals surface area contributed by atoms with Crippen LogP contribution in [0.2, 0.25) is 0 Å². The summed E-state index contributed by atoms with van der Waals surface area (Å²) in [6, 6.07) is 14.5. The van der Waals surface area contributed by atoms with Crippen molar-refractivity contribution in [1.82, 2.24) is 10.3 Å². The van der Waals surface area contributed by atoms with E-state index < -0.39 is 4.92 Å². The summed E-state index contributed by atoms with van der Waals surface area (Å²) in [5.74, 6) is -0.369. The minimum atomic E-state index is -0.484. The van der Waals surface area contributed by atoms with Gasteiger partial charge in [-0.25, -0.2) is 4.98 Å². The number of thiazole rings is 1. The Labute approximate surface area is 166 Å². The smallest absolute Gasteiger partial charge is 0.293 e. The van der Waals surface area contributed by atoms with Gasteiger partial charge in [-0.15, -0.1) is 11.3 Å². The number of benzene rings is 2. The molecule has 2 aromatic carbocycles. The number of nitrogens with zero attached hydrogens (tertiary/aromatic N) is 3. The summed E-state index contributed by atoms with van der Waals surface area (Å²) in [4.78, 5) is 29.4. The highest BCUT2D eigenvalue weighted by atomic mass is 32.1. The van der Waals surface area contributed by atoms with Crippen LogP contribution < -0.4 is 10.2 Å². The molecule has 0 aliphatic carbocycles. The van der Waals surface area contributed by atoms with Gasteiger partial charge >= 0.3 is 0 Å². The predicted molar refractivity (Wildman–Crippen MR) is 110 cm³/mol. The molecule has 0 saturated carbocycles. The number of carbonyl (C=O) groups excluding carboxylic acids is 1. The number of rotatable bonds is 7. The lowest BCUT2D eigenvalue weighted by molar-refractivity contribution is -0.384. The van der Waals surface area contributed by atoms with Crippen molar-refractivity contribution in [2.75, 3.05) is 19.0 Å². The molecule has 7 nitrogen and oxygen atoms in total. The lowest BCUT2D eigenvalue weighted by Crippen LogP contribution is -2.23. The Kier molecular flexibility index (Phi) is 6.00. The molecular formula is C20H20N4O3S. The zero-order valence-electron chi connectivity index (χ0n) is 15.6. The maximum absolute atomic E-state index is 12.4. The Balaban J connectivity index is 1.64. The summed E-state index contributed by atoms with van der Waals surface area (Å²) in [5.41, 5.74) is 2.55. The zero-order valence-corrected chi connectivity index (χ0v) is 16.4. The van der Waals surface area contributed by atoms with Crippen LogP contribution >= 0.6 is 11.3 Å². The molecule has 3 rings (SSSR count). The summed E-state index contributed by atoms with van der Waals surface area (Å²) in [7, 11) is 3.44. The molecule has 0 saturated heterocycles. The fraction of sp³-hybridized carbons (Fsp3) is 0.200. The van der Waals surface area contributed by atoms with E-state index in [1.54, 1.807) is 42.5 Å². The van der Waals surface area contributed by atoms with Gasteiger partial charge in [-0.05, 0) is 17.7 Å². The zero-order chi connectivity index (χ0) is 20.1. The summed E-state index contributed by atoms with van der Waals surface area (Å²) in [5, 5.41) is 16.9. The predicted octanol–water partition coefficient (Wildman–Crippen LogP) is 3.64. The average Bonchev–Trinajstić information content (AvgIpc) is 3.13. The van der Waals surface area contributed by atoms with E-state index in [1.165, 1.54) is 11.6 Å². The fourth-order valence-corrected chi connectivity index (χ4v) is 3.57. The minimum absolute atomic E-state index is 0.101. The summed E-state index contributed by atoms with van der Waals surface area (Å²) in [6.07, 6.45) is 0.748. The van der Waals surface area contributed by atoms with Crippen LogP contribution in [0.4, 0.5) is 11.4 Å². The van der Waals surface area contributed by atoms with Gasteiger partial charge in [-0.3, -0.25) is 14.9 Å². The van der Waals surface area contributed by atoms with Gasteiger partial charge in [-0.2, -0.15) is 0 Å². The number of anilines is 1. The van der Waals surface area contributed by atoms with Gasteiger partial charge in [0.1, 0.15) is 5.69 Å². The highest BCUT2D eigenvalue weighted by molar-refractivity contribution is 7.09. The van der Waals surface area contributed by atoms with Crippen molar-refractivity contribution >= 4 is 28.6 Å². The van der Waals surface area contributed by atoms with Crippen LogP contribution in [0.5, 0.6) is 0 Å². The molecule has 8 heteroatoms. The molecule has 0 unspecified atom stereocenters. The van der Waals surface area contributed by atoms with E-state index in [0.717, 1.165) is 17.1 Å². The largest absolute Gasteiger partial charge is 0.372 e. The van der Waals surface area contributed by atoms with Gasteiger partial charge in [-0.1, -0.05) is 30.3 Å². The maximum Gasteiger partial charge on any atom is 0.293 e. The highest BCUT2D eigenvalue weighted by Gasteiger charge is 2.19. The Bertz CT molecular complexity index is 986. The summed E-state index contributed by atoms with van der Waals surface area (Å²) < 4.78 is 0. The first kappa shape index (κ1) is 19.5. The molecule has 28 heavy (non-hydrogen) atoms. The van der Waals surface area contributed by atoms with Crippen molar-refractivity contribution in [3.63, 3.8) is 0 Å². The Morgan fingerprint density at radius 2 is 1.96 bits per heavy atom. The first-order valence-electron chi connectivity index (χ1n) is 8.65. The third-order valence-electron chi connectivity index (χ3n) is 4.14. The molecule has 1 N–H and O–H groups in total. The number of amides is 1. The monoisotopic (exact) mass is 396 g/mol. The normalized spacial score (nSPS) is 10.5.